The van der Waals surface area contributed by atoms with Crippen LogP contribution in [0.15, 0.2) is 54.6 Å². The molecule has 0 amide bonds. The van der Waals surface area contributed by atoms with E-state index in [0.29, 0.717) is 22.3 Å². The summed E-state index contributed by atoms with van der Waals surface area (Å²) in [5, 5.41) is 0. The molecule has 2 aliphatic carbocycles. The maximum Gasteiger partial charge on any atom is 0.194 e. The van der Waals surface area contributed by atoms with Gasteiger partial charge in [0.1, 0.15) is 7.85 Å². The minimum Gasteiger partial charge on any atom is -0.289 e. The highest BCUT2D eigenvalue weighted by Gasteiger charge is 2.39. The second-order valence-electron chi connectivity index (χ2n) is 7.82. The lowest BCUT2D eigenvalue weighted by atomic mass is 9.77. The second-order valence-corrected chi connectivity index (χ2v) is 7.82. The third-order valence-corrected chi connectivity index (χ3v) is 5.88. The van der Waals surface area contributed by atoms with Gasteiger partial charge in [-0.05, 0) is 34.4 Å². The molecule has 3 heteroatoms. The standard InChI is InChI=1S/C23H17BO2/c1-23(2)19-6-4-3-5-13(19)15-10-17-18(11-20(15)23)22(26)16-9-12(24)7-8-14(16)21(17)25/h3-11H,24H2,1-2H3. The Morgan fingerprint density at radius 2 is 1.31 bits per heavy atom. The number of benzene rings is 3. The molecule has 3 aromatic rings. The van der Waals surface area contributed by atoms with Crippen molar-refractivity contribution in [2.45, 2.75) is 19.3 Å². The Hall–Kier alpha value is -2.94. The first-order valence-electron chi connectivity index (χ1n) is 8.88. The summed E-state index contributed by atoms with van der Waals surface area (Å²) in [5.74, 6) is -0.104. The molecule has 0 radical (unpaired) electrons. The Morgan fingerprint density at radius 3 is 2.12 bits per heavy atom. The summed E-state index contributed by atoms with van der Waals surface area (Å²) in [4.78, 5) is 26.2. The monoisotopic (exact) mass is 336 g/mol. The van der Waals surface area contributed by atoms with Crippen LogP contribution < -0.4 is 5.46 Å². The minimum atomic E-state index is -0.183. The van der Waals surface area contributed by atoms with E-state index >= 15 is 0 Å². The van der Waals surface area contributed by atoms with Gasteiger partial charge in [-0.15, -0.1) is 0 Å². The molecule has 3 aromatic carbocycles. The van der Waals surface area contributed by atoms with Gasteiger partial charge in [-0.1, -0.05) is 61.8 Å². The predicted octanol–water partition coefficient (Wildman–Crippen LogP) is 3.03. The average molecular weight is 336 g/mol. The van der Waals surface area contributed by atoms with Crippen molar-refractivity contribution in [2.75, 3.05) is 0 Å². The molecular weight excluding hydrogens is 319 g/mol. The largest absolute Gasteiger partial charge is 0.289 e. The Labute approximate surface area is 153 Å². The number of hydrogen-bond acceptors (Lipinski definition) is 2. The zero-order chi connectivity index (χ0) is 18.2. The van der Waals surface area contributed by atoms with E-state index in [0.717, 1.165) is 22.2 Å². The van der Waals surface area contributed by atoms with Gasteiger partial charge in [0.15, 0.2) is 11.6 Å². The minimum absolute atomic E-state index is 0.0483. The fourth-order valence-corrected chi connectivity index (χ4v) is 4.46. The number of carbonyl (C=O) groups is 2. The van der Waals surface area contributed by atoms with Crippen molar-refractivity contribution in [3.63, 3.8) is 0 Å². The SMILES string of the molecule is Bc1ccc2c(c1)C(=O)c1cc3c(cc1C2=O)-c1ccccc1C3(C)C. The summed E-state index contributed by atoms with van der Waals surface area (Å²) in [6.45, 7) is 4.36. The molecule has 2 nitrogen and oxygen atoms in total. The molecule has 0 aliphatic heterocycles. The highest BCUT2D eigenvalue weighted by atomic mass is 16.1. The van der Waals surface area contributed by atoms with Crippen LogP contribution in [0.5, 0.6) is 0 Å². The Bertz CT molecular complexity index is 1150. The van der Waals surface area contributed by atoms with E-state index in [1.807, 2.05) is 44.2 Å². The van der Waals surface area contributed by atoms with Gasteiger partial charge < -0.3 is 0 Å². The summed E-state index contributed by atoms with van der Waals surface area (Å²) in [6, 6.07) is 17.7. The first kappa shape index (κ1) is 15.3. The van der Waals surface area contributed by atoms with Gasteiger partial charge >= 0.3 is 0 Å². The molecule has 0 atom stereocenters. The lowest BCUT2D eigenvalue weighted by Crippen LogP contribution is -2.24. The molecule has 0 fully saturated rings. The molecule has 0 spiro atoms. The second kappa shape index (κ2) is 4.82. The van der Waals surface area contributed by atoms with Crippen molar-refractivity contribution in [1.82, 2.24) is 0 Å². The smallest absolute Gasteiger partial charge is 0.194 e. The number of hydrogen-bond donors (Lipinski definition) is 0. The average Bonchev–Trinajstić information content (AvgIpc) is 2.86. The summed E-state index contributed by atoms with van der Waals surface area (Å²) in [6.07, 6.45) is 0. The fraction of sp³-hybridized carbons (Fsp3) is 0.130. The van der Waals surface area contributed by atoms with Crippen LogP contribution >= 0.6 is 0 Å². The summed E-state index contributed by atoms with van der Waals surface area (Å²) in [7, 11) is 1.94. The van der Waals surface area contributed by atoms with Crippen LogP contribution in [0.4, 0.5) is 0 Å². The molecule has 0 aromatic heterocycles. The zero-order valence-electron chi connectivity index (χ0n) is 15.0. The van der Waals surface area contributed by atoms with Gasteiger partial charge in [-0.3, -0.25) is 9.59 Å². The van der Waals surface area contributed by atoms with Crippen LogP contribution in [-0.4, -0.2) is 19.4 Å². The van der Waals surface area contributed by atoms with Gasteiger partial charge in [-0.2, -0.15) is 0 Å². The van der Waals surface area contributed by atoms with E-state index in [9.17, 15) is 9.59 Å². The molecule has 124 valence electrons. The number of rotatable bonds is 0. The zero-order valence-corrected chi connectivity index (χ0v) is 15.0. The molecule has 0 saturated carbocycles. The lowest BCUT2D eigenvalue weighted by Gasteiger charge is -2.24. The van der Waals surface area contributed by atoms with Gasteiger partial charge in [0.25, 0.3) is 0 Å². The molecule has 0 heterocycles. The molecule has 2 aliphatic rings. The topological polar surface area (TPSA) is 34.1 Å². The van der Waals surface area contributed by atoms with Gasteiger partial charge in [0, 0.05) is 27.7 Å². The van der Waals surface area contributed by atoms with E-state index in [1.54, 1.807) is 6.07 Å². The van der Waals surface area contributed by atoms with Gasteiger partial charge in [0.2, 0.25) is 0 Å². The van der Waals surface area contributed by atoms with Crippen LogP contribution in [0.3, 0.4) is 0 Å². The van der Waals surface area contributed by atoms with E-state index in [2.05, 4.69) is 26.0 Å². The molecule has 0 bridgehead atoms. The van der Waals surface area contributed by atoms with Crippen molar-refractivity contribution in [2.24, 2.45) is 0 Å². The van der Waals surface area contributed by atoms with Crippen LogP contribution in [-0.2, 0) is 5.41 Å². The first-order chi connectivity index (χ1) is 12.4. The third-order valence-electron chi connectivity index (χ3n) is 5.88. The predicted molar refractivity (Wildman–Crippen MR) is 105 cm³/mol. The summed E-state index contributed by atoms with van der Waals surface area (Å²) in [5.41, 5.74) is 7.49. The van der Waals surface area contributed by atoms with E-state index in [4.69, 9.17) is 0 Å². The van der Waals surface area contributed by atoms with Crippen LogP contribution in [0.2, 0.25) is 0 Å². The van der Waals surface area contributed by atoms with Crippen molar-refractivity contribution in [3.8, 4) is 11.1 Å². The van der Waals surface area contributed by atoms with Crippen LogP contribution in [0, 0.1) is 0 Å². The van der Waals surface area contributed by atoms with Crippen molar-refractivity contribution >= 4 is 24.9 Å². The molecule has 26 heavy (non-hydrogen) atoms. The number of ketones is 2. The lowest BCUT2D eigenvalue weighted by molar-refractivity contribution is 0.0979. The van der Waals surface area contributed by atoms with Crippen molar-refractivity contribution in [1.29, 1.82) is 0 Å². The van der Waals surface area contributed by atoms with Crippen molar-refractivity contribution in [3.05, 3.63) is 88.0 Å². The Morgan fingerprint density at radius 1 is 0.654 bits per heavy atom. The molecule has 0 N–H and O–H groups in total. The highest BCUT2D eigenvalue weighted by Crippen LogP contribution is 2.50. The normalized spacial score (nSPS) is 15.9. The van der Waals surface area contributed by atoms with E-state index < -0.39 is 0 Å². The number of fused-ring (bicyclic) bond motifs is 5. The third kappa shape index (κ3) is 1.78. The Balaban J connectivity index is 1.82. The molecule has 5 rings (SSSR count). The summed E-state index contributed by atoms with van der Waals surface area (Å²) >= 11 is 0. The van der Waals surface area contributed by atoms with Crippen LogP contribution in [0.25, 0.3) is 11.1 Å². The highest BCUT2D eigenvalue weighted by molar-refractivity contribution is 6.35. The van der Waals surface area contributed by atoms with E-state index in [1.165, 1.54) is 5.56 Å². The molecule has 0 saturated heterocycles. The number of carbonyl (C=O) groups excluding carboxylic acids is 2. The van der Waals surface area contributed by atoms with Gasteiger partial charge in [0.05, 0.1) is 0 Å². The Kier molecular flexibility index (Phi) is 2.84. The molecule has 0 unspecified atom stereocenters. The van der Waals surface area contributed by atoms with Crippen LogP contribution in [0.1, 0.15) is 56.8 Å². The fourth-order valence-electron chi connectivity index (χ4n) is 4.46. The summed E-state index contributed by atoms with van der Waals surface area (Å²) < 4.78 is 0. The first-order valence-corrected chi connectivity index (χ1v) is 8.88. The quantitative estimate of drug-likeness (QED) is 0.463. The van der Waals surface area contributed by atoms with Gasteiger partial charge in [-0.25, -0.2) is 0 Å². The van der Waals surface area contributed by atoms with E-state index in [-0.39, 0.29) is 17.0 Å². The molecular formula is C23H17BO2. The maximum absolute atomic E-state index is 13.1. The van der Waals surface area contributed by atoms with Crippen molar-refractivity contribution < 1.29 is 9.59 Å². The maximum atomic E-state index is 13.1.